The van der Waals surface area contributed by atoms with Crippen molar-refractivity contribution in [1.29, 1.82) is 0 Å². The molecule has 35 heavy (non-hydrogen) atoms. The van der Waals surface area contributed by atoms with E-state index in [0.717, 1.165) is 17.7 Å². The Labute approximate surface area is 200 Å². The van der Waals surface area contributed by atoms with Crippen LogP contribution in [0.1, 0.15) is 16.7 Å². The van der Waals surface area contributed by atoms with Gasteiger partial charge in [0.05, 0.1) is 23.2 Å². The van der Waals surface area contributed by atoms with Gasteiger partial charge >= 0.3 is 6.18 Å². The summed E-state index contributed by atoms with van der Waals surface area (Å²) in [6.07, 6.45) is -1.00. The summed E-state index contributed by atoms with van der Waals surface area (Å²) < 4.78 is 54.7. The van der Waals surface area contributed by atoms with E-state index in [1.807, 2.05) is 15.9 Å². The third-order valence-electron chi connectivity index (χ3n) is 6.76. The third kappa shape index (κ3) is 4.67. The van der Waals surface area contributed by atoms with Crippen LogP contribution in [-0.2, 0) is 23.9 Å². The van der Waals surface area contributed by atoms with E-state index >= 15 is 0 Å². The quantitative estimate of drug-likeness (QED) is 0.557. The van der Waals surface area contributed by atoms with Gasteiger partial charge in [0.1, 0.15) is 5.82 Å². The number of hydrogen-bond acceptors (Lipinski definition) is 4. The van der Waals surface area contributed by atoms with Gasteiger partial charge in [0.25, 0.3) is 0 Å². The molecular weight excluding hydrogens is 460 g/mol. The van der Waals surface area contributed by atoms with Crippen molar-refractivity contribution in [3.63, 3.8) is 0 Å². The molecule has 2 atom stereocenters. The fourth-order valence-electron chi connectivity index (χ4n) is 5.05. The van der Waals surface area contributed by atoms with Gasteiger partial charge in [-0.15, -0.1) is 0 Å². The summed E-state index contributed by atoms with van der Waals surface area (Å²) >= 11 is 0. The number of alkyl halides is 3. The zero-order valence-corrected chi connectivity index (χ0v) is 18.8. The molecule has 2 aliphatic heterocycles. The summed E-state index contributed by atoms with van der Waals surface area (Å²) in [4.78, 5) is 21.3. The number of carbonyl (C=O) groups excluding carboxylic acids is 1. The van der Waals surface area contributed by atoms with Gasteiger partial charge in [0.15, 0.2) is 0 Å². The molecule has 0 bridgehead atoms. The molecule has 1 saturated heterocycles. The number of para-hydroxylation sites is 1. The lowest BCUT2D eigenvalue weighted by molar-refractivity contribution is -0.137. The van der Waals surface area contributed by atoms with E-state index in [-0.39, 0.29) is 30.7 Å². The van der Waals surface area contributed by atoms with Gasteiger partial charge in [-0.05, 0) is 53.9 Å². The molecule has 9 heteroatoms. The van der Waals surface area contributed by atoms with E-state index in [2.05, 4.69) is 10.3 Å². The smallest absolute Gasteiger partial charge is 0.365 e. The van der Waals surface area contributed by atoms with Crippen LogP contribution in [-0.4, -0.2) is 36.6 Å². The molecule has 0 spiro atoms. The number of fused-ring (bicyclic) bond motifs is 3. The fraction of sp³-hybridized carbons (Fsp3) is 0.308. The number of pyridine rings is 1. The van der Waals surface area contributed by atoms with Crippen LogP contribution in [0.25, 0.3) is 0 Å². The van der Waals surface area contributed by atoms with E-state index < -0.39 is 17.7 Å². The van der Waals surface area contributed by atoms with E-state index in [1.54, 1.807) is 36.7 Å². The number of nitrogens with zero attached hydrogens (tertiary/aromatic N) is 3. The molecule has 3 heterocycles. The summed E-state index contributed by atoms with van der Waals surface area (Å²) in [7, 11) is 0. The predicted molar refractivity (Wildman–Crippen MR) is 124 cm³/mol. The summed E-state index contributed by atoms with van der Waals surface area (Å²) in [5, 5.41) is 2.92. The van der Waals surface area contributed by atoms with Gasteiger partial charge in [-0.3, -0.25) is 9.78 Å². The summed E-state index contributed by atoms with van der Waals surface area (Å²) in [5.74, 6) is -1.19. The lowest BCUT2D eigenvalue weighted by Crippen LogP contribution is -2.61. The highest BCUT2D eigenvalue weighted by atomic mass is 19.4. The van der Waals surface area contributed by atoms with Crippen molar-refractivity contribution < 1.29 is 22.4 Å². The van der Waals surface area contributed by atoms with E-state index in [9.17, 15) is 22.4 Å². The zero-order valence-electron chi connectivity index (χ0n) is 18.8. The molecule has 1 fully saturated rings. The lowest BCUT2D eigenvalue weighted by atomic mass is 9.82. The summed E-state index contributed by atoms with van der Waals surface area (Å²) in [6, 6.07) is 13.5. The maximum Gasteiger partial charge on any atom is 0.416 e. The lowest BCUT2D eigenvalue weighted by Gasteiger charge is -2.49. The average Bonchev–Trinajstić information content (AvgIpc) is 2.86. The number of carbonyl (C=O) groups is 1. The summed E-state index contributed by atoms with van der Waals surface area (Å²) in [5.41, 5.74) is 1.75. The molecule has 182 valence electrons. The molecular formula is C26H24F4N4O. The van der Waals surface area contributed by atoms with Gasteiger partial charge < -0.3 is 15.1 Å². The summed E-state index contributed by atoms with van der Waals surface area (Å²) in [6.45, 7) is 1.60. The average molecular weight is 484 g/mol. The van der Waals surface area contributed by atoms with E-state index in [0.29, 0.717) is 36.6 Å². The number of amides is 1. The second kappa shape index (κ2) is 9.20. The minimum Gasteiger partial charge on any atom is -0.365 e. The SMILES string of the molecule is O=C(NCc1cccnc1)[C@@H]1Cc2cc(C(F)(F)F)ccc2N2CCN(c3ccccc3F)C[C@H]12. The molecule has 3 aromatic rings. The maximum atomic E-state index is 14.5. The Morgan fingerprint density at radius 2 is 1.89 bits per heavy atom. The standard InChI is InChI=1S/C26H24F4N4O/c27-21-5-1-2-6-23(21)33-10-11-34-22-8-7-19(26(28,29)30)12-18(22)13-20(24(34)16-33)25(35)32-15-17-4-3-9-31-14-17/h1-9,12,14,20,24H,10-11,13,15-16H2,(H,32,35)/t20-,24-/m1/s1. The van der Waals surface area contributed by atoms with Crippen molar-refractivity contribution in [3.8, 4) is 0 Å². The number of hydrogen-bond donors (Lipinski definition) is 1. The number of piperazine rings is 1. The van der Waals surface area contributed by atoms with E-state index in [4.69, 9.17) is 0 Å². The molecule has 5 nitrogen and oxygen atoms in total. The van der Waals surface area contributed by atoms with Crippen molar-refractivity contribution in [2.75, 3.05) is 29.4 Å². The van der Waals surface area contributed by atoms with E-state index in [1.165, 1.54) is 12.1 Å². The monoisotopic (exact) mass is 484 g/mol. The Kier molecular flexibility index (Phi) is 6.08. The maximum absolute atomic E-state index is 14.5. The van der Waals surface area contributed by atoms with Crippen LogP contribution in [0.15, 0.2) is 67.0 Å². The molecule has 2 aliphatic rings. The Hall–Kier alpha value is -3.62. The molecule has 5 rings (SSSR count). The van der Waals surface area contributed by atoms with Crippen LogP contribution >= 0.6 is 0 Å². The van der Waals surface area contributed by atoms with Crippen molar-refractivity contribution in [2.24, 2.45) is 5.92 Å². The highest BCUT2D eigenvalue weighted by Gasteiger charge is 2.43. The van der Waals surface area contributed by atoms with Crippen LogP contribution in [0.5, 0.6) is 0 Å². The first kappa shape index (κ1) is 23.1. The number of rotatable bonds is 4. The Bertz CT molecular complexity index is 1220. The van der Waals surface area contributed by atoms with Crippen molar-refractivity contribution >= 4 is 17.3 Å². The zero-order chi connectivity index (χ0) is 24.6. The molecule has 1 amide bonds. The van der Waals surface area contributed by atoms with Gasteiger partial charge in [-0.25, -0.2) is 4.39 Å². The first-order valence-electron chi connectivity index (χ1n) is 11.4. The topological polar surface area (TPSA) is 48.5 Å². The second-order valence-corrected chi connectivity index (χ2v) is 8.89. The molecule has 0 saturated carbocycles. The molecule has 1 aromatic heterocycles. The highest BCUT2D eigenvalue weighted by Crippen LogP contribution is 2.40. The molecule has 0 unspecified atom stereocenters. The molecule has 2 aromatic carbocycles. The number of aromatic nitrogens is 1. The predicted octanol–water partition coefficient (Wildman–Crippen LogP) is 4.42. The van der Waals surface area contributed by atoms with Gasteiger partial charge in [0.2, 0.25) is 5.91 Å². The number of anilines is 2. The normalized spacial score (nSPS) is 19.7. The largest absolute Gasteiger partial charge is 0.416 e. The minimum absolute atomic E-state index is 0.171. The van der Waals surface area contributed by atoms with Crippen LogP contribution in [0.3, 0.4) is 0 Å². The van der Waals surface area contributed by atoms with Crippen LogP contribution < -0.4 is 15.1 Å². The van der Waals surface area contributed by atoms with Crippen molar-refractivity contribution in [1.82, 2.24) is 10.3 Å². The molecule has 0 aliphatic carbocycles. The third-order valence-corrected chi connectivity index (χ3v) is 6.76. The van der Waals surface area contributed by atoms with Crippen LogP contribution in [0, 0.1) is 11.7 Å². The minimum atomic E-state index is -4.46. The fourth-order valence-corrected chi connectivity index (χ4v) is 5.05. The number of halogens is 4. The first-order chi connectivity index (χ1) is 16.8. The molecule has 1 N–H and O–H groups in total. The van der Waals surface area contributed by atoms with Crippen molar-refractivity contribution in [2.45, 2.75) is 25.2 Å². The highest BCUT2D eigenvalue weighted by molar-refractivity contribution is 5.82. The van der Waals surface area contributed by atoms with Gasteiger partial charge in [-0.1, -0.05) is 18.2 Å². The van der Waals surface area contributed by atoms with Gasteiger partial charge in [-0.2, -0.15) is 13.2 Å². The van der Waals surface area contributed by atoms with Crippen LogP contribution in [0.4, 0.5) is 28.9 Å². The van der Waals surface area contributed by atoms with Crippen LogP contribution in [0.2, 0.25) is 0 Å². The Balaban J connectivity index is 1.45. The number of benzene rings is 2. The van der Waals surface area contributed by atoms with Gasteiger partial charge in [0, 0.05) is 44.3 Å². The molecule has 0 radical (unpaired) electrons. The first-order valence-corrected chi connectivity index (χ1v) is 11.4. The second-order valence-electron chi connectivity index (χ2n) is 8.89. The number of nitrogens with one attached hydrogen (secondary N) is 1. The Morgan fingerprint density at radius 1 is 1.06 bits per heavy atom. The Morgan fingerprint density at radius 3 is 2.63 bits per heavy atom. The van der Waals surface area contributed by atoms with Crippen molar-refractivity contribution in [3.05, 3.63) is 89.5 Å².